The van der Waals surface area contributed by atoms with Crippen molar-refractivity contribution in [2.75, 3.05) is 33.2 Å². The molecule has 1 aliphatic heterocycles. The number of piperidine rings is 1. The van der Waals surface area contributed by atoms with Crippen LogP contribution in [0.25, 0.3) is 0 Å². The van der Waals surface area contributed by atoms with E-state index >= 15 is 0 Å². The third kappa shape index (κ3) is 6.18. The molecule has 0 spiro atoms. The normalized spacial score (nSPS) is 20.6. The first-order valence-corrected chi connectivity index (χ1v) is 10.7. The van der Waals surface area contributed by atoms with Gasteiger partial charge in [0.25, 0.3) is 0 Å². The zero-order valence-corrected chi connectivity index (χ0v) is 18.2. The maximum Gasteiger partial charge on any atom is 0.228 e. The summed E-state index contributed by atoms with van der Waals surface area (Å²) in [6, 6.07) is 8.55. The molecule has 1 fully saturated rings. The monoisotopic (exact) mass is 418 g/mol. The molecule has 2 aromatic rings. The molecule has 1 aromatic heterocycles. The summed E-state index contributed by atoms with van der Waals surface area (Å²) in [4.78, 5) is 11.5. The molecule has 158 valence electrons. The Balaban J connectivity index is 1.64. The van der Waals surface area contributed by atoms with Crippen molar-refractivity contribution in [1.29, 1.82) is 0 Å². The summed E-state index contributed by atoms with van der Waals surface area (Å²) >= 11 is 6.25. The summed E-state index contributed by atoms with van der Waals surface area (Å²) in [5.41, 5.74) is 1.27. The fraction of sp³-hybridized carbons (Fsp3) is 0.571. The highest BCUT2D eigenvalue weighted by Gasteiger charge is 2.30. The molecule has 2 N–H and O–H groups in total. The standard InChI is InChI=1S/C21H31ClN6O/c1-4-23-21(24-11-10-19-26-15(2)27-29-19)25-14-17-8-6-12-28(3)20(17)16-7-5-9-18(22)13-16/h5,7,9,13,17,20H,4,6,8,10-12,14H2,1-3H3,(H2,23,24,25). The van der Waals surface area contributed by atoms with E-state index in [1.54, 1.807) is 0 Å². The predicted molar refractivity (Wildman–Crippen MR) is 116 cm³/mol. The van der Waals surface area contributed by atoms with Crippen molar-refractivity contribution in [3.8, 4) is 0 Å². The van der Waals surface area contributed by atoms with Crippen LogP contribution in [0.1, 0.15) is 43.1 Å². The van der Waals surface area contributed by atoms with Crippen molar-refractivity contribution < 1.29 is 4.52 Å². The molecule has 8 heteroatoms. The van der Waals surface area contributed by atoms with Crippen molar-refractivity contribution in [2.24, 2.45) is 10.9 Å². The minimum atomic E-state index is 0.329. The summed E-state index contributed by atoms with van der Waals surface area (Å²) in [7, 11) is 2.19. The van der Waals surface area contributed by atoms with E-state index < -0.39 is 0 Å². The van der Waals surface area contributed by atoms with E-state index in [1.807, 2.05) is 19.1 Å². The molecule has 29 heavy (non-hydrogen) atoms. The van der Waals surface area contributed by atoms with Gasteiger partial charge in [0.2, 0.25) is 5.89 Å². The van der Waals surface area contributed by atoms with Crippen LogP contribution in [-0.4, -0.2) is 54.2 Å². The lowest BCUT2D eigenvalue weighted by Crippen LogP contribution is -2.40. The Kier molecular flexibility index (Phi) is 7.89. The Morgan fingerprint density at radius 2 is 2.24 bits per heavy atom. The minimum absolute atomic E-state index is 0.329. The van der Waals surface area contributed by atoms with Crippen molar-refractivity contribution in [1.82, 2.24) is 25.7 Å². The number of hydrogen-bond donors (Lipinski definition) is 2. The number of aryl methyl sites for hydroxylation is 1. The van der Waals surface area contributed by atoms with Gasteiger partial charge in [-0.25, -0.2) is 0 Å². The molecular formula is C21H31ClN6O. The lowest BCUT2D eigenvalue weighted by atomic mass is 9.85. The fourth-order valence-corrected chi connectivity index (χ4v) is 4.15. The highest BCUT2D eigenvalue weighted by atomic mass is 35.5. The van der Waals surface area contributed by atoms with E-state index in [4.69, 9.17) is 21.1 Å². The molecule has 0 amide bonds. The molecule has 0 saturated carbocycles. The Morgan fingerprint density at radius 1 is 1.38 bits per heavy atom. The van der Waals surface area contributed by atoms with Crippen molar-refractivity contribution in [3.05, 3.63) is 46.6 Å². The Labute approximate surface area is 177 Å². The van der Waals surface area contributed by atoms with Gasteiger partial charge in [-0.3, -0.25) is 9.89 Å². The summed E-state index contributed by atoms with van der Waals surface area (Å²) in [5.74, 6) is 2.57. The van der Waals surface area contributed by atoms with Gasteiger partial charge in [-0.05, 0) is 63.9 Å². The van der Waals surface area contributed by atoms with Crippen LogP contribution < -0.4 is 10.6 Å². The van der Waals surface area contributed by atoms with Crippen LogP contribution in [0.15, 0.2) is 33.8 Å². The number of aliphatic imine (C=N–C) groups is 1. The Morgan fingerprint density at radius 3 is 2.97 bits per heavy atom. The van der Waals surface area contributed by atoms with E-state index in [0.29, 0.717) is 36.6 Å². The number of benzene rings is 1. The van der Waals surface area contributed by atoms with Crippen LogP contribution >= 0.6 is 11.6 Å². The molecule has 3 rings (SSSR count). The van der Waals surface area contributed by atoms with Gasteiger partial charge in [0, 0.05) is 37.1 Å². The number of rotatable bonds is 7. The summed E-state index contributed by atoms with van der Waals surface area (Å²) < 4.78 is 5.17. The number of guanidine groups is 1. The van der Waals surface area contributed by atoms with Crippen molar-refractivity contribution in [3.63, 3.8) is 0 Å². The van der Waals surface area contributed by atoms with Gasteiger partial charge >= 0.3 is 0 Å². The number of hydrogen-bond acceptors (Lipinski definition) is 5. The zero-order valence-electron chi connectivity index (χ0n) is 17.5. The number of likely N-dealkylation sites (tertiary alicyclic amines) is 1. The quantitative estimate of drug-likeness (QED) is 0.531. The maximum atomic E-state index is 6.25. The number of halogens is 1. The molecule has 0 radical (unpaired) electrons. The summed E-state index contributed by atoms with van der Waals surface area (Å²) in [6.45, 7) is 7.25. The van der Waals surface area contributed by atoms with Crippen molar-refractivity contribution in [2.45, 2.75) is 39.2 Å². The second-order valence-electron chi connectivity index (χ2n) is 7.51. The van der Waals surface area contributed by atoms with Crippen LogP contribution in [0.4, 0.5) is 0 Å². The fourth-order valence-electron chi connectivity index (χ4n) is 3.95. The van der Waals surface area contributed by atoms with Crippen LogP contribution in [0, 0.1) is 12.8 Å². The first-order valence-electron chi connectivity index (χ1n) is 10.3. The SMILES string of the molecule is CCNC(=NCC1CCCN(C)C1c1cccc(Cl)c1)NCCc1nc(C)no1. The van der Waals surface area contributed by atoms with Gasteiger partial charge in [-0.15, -0.1) is 0 Å². The topological polar surface area (TPSA) is 78.6 Å². The van der Waals surface area contributed by atoms with E-state index in [9.17, 15) is 0 Å². The third-order valence-corrected chi connectivity index (χ3v) is 5.46. The van der Waals surface area contributed by atoms with Crippen LogP contribution in [0.2, 0.25) is 5.02 Å². The van der Waals surface area contributed by atoms with E-state index in [0.717, 1.165) is 37.0 Å². The largest absolute Gasteiger partial charge is 0.357 e. The molecule has 2 atom stereocenters. The number of nitrogens with zero attached hydrogens (tertiary/aromatic N) is 4. The lowest BCUT2D eigenvalue weighted by Gasteiger charge is -2.39. The van der Waals surface area contributed by atoms with Gasteiger partial charge < -0.3 is 15.2 Å². The van der Waals surface area contributed by atoms with Crippen LogP contribution in [0.3, 0.4) is 0 Å². The van der Waals surface area contributed by atoms with Crippen LogP contribution in [0.5, 0.6) is 0 Å². The molecule has 0 aliphatic carbocycles. The second kappa shape index (κ2) is 10.6. The van der Waals surface area contributed by atoms with Gasteiger partial charge in [0.15, 0.2) is 11.8 Å². The molecular weight excluding hydrogens is 388 g/mol. The van der Waals surface area contributed by atoms with Gasteiger partial charge in [0.1, 0.15) is 0 Å². The number of nitrogens with one attached hydrogen (secondary N) is 2. The summed E-state index contributed by atoms with van der Waals surface area (Å²) in [6.07, 6.45) is 3.02. The third-order valence-electron chi connectivity index (χ3n) is 5.23. The first-order chi connectivity index (χ1) is 14.1. The molecule has 0 bridgehead atoms. The van der Waals surface area contributed by atoms with Gasteiger partial charge in [-0.1, -0.05) is 28.9 Å². The zero-order chi connectivity index (χ0) is 20.6. The lowest BCUT2D eigenvalue weighted by molar-refractivity contribution is 0.125. The Bertz CT molecular complexity index is 808. The van der Waals surface area contributed by atoms with E-state index in [2.05, 4.69) is 51.8 Å². The smallest absolute Gasteiger partial charge is 0.228 e. The first kappa shape index (κ1) is 21.6. The molecule has 1 aromatic carbocycles. The predicted octanol–water partition coefficient (Wildman–Crippen LogP) is 3.21. The van der Waals surface area contributed by atoms with Gasteiger partial charge in [-0.2, -0.15) is 4.98 Å². The minimum Gasteiger partial charge on any atom is -0.357 e. The molecule has 2 unspecified atom stereocenters. The molecule has 1 saturated heterocycles. The highest BCUT2D eigenvalue weighted by Crippen LogP contribution is 2.36. The average molecular weight is 419 g/mol. The second-order valence-corrected chi connectivity index (χ2v) is 7.95. The Hall–Kier alpha value is -2.12. The van der Waals surface area contributed by atoms with E-state index in [-0.39, 0.29) is 0 Å². The molecule has 1 aliphatic rings. The van der Waals surface area contributed by atoms with Gasteiger partial charge in [0.05, 0.1) is 0 Å². The summed E-state index contributed by atoms with van der Waals surface area (Å²) in [5, 5.41) is 11.3. The molecule has 7 nitrogen and oxygen atoms in total. The maximum absolute atomic E-state index is 6.25. The average Bonchev–Trinajstić information content (AvgIpc) is 3.11. The highest BCUT2D eigenvalue weighted by molar-refractivity contribution is 6.30. The molecule has 2 heterocycles. The van der Waals surface area contributed by atoms with E-state index in [1.165, 1.54) is 12.0 Å². The van der Waals surface area contributed by atoms with Crippen molar-refractivity contribution >= 4 is 17.6 Å². The van der Waals surface area contributed by atoms with Crippen LogP contribution in [-0.2, 0) is 6.42 Å². The number of aromatic nitrogens is 2.